The predicted octanol–water partition coefficient (Wildman–Crippen LogP) is 6.14. The lowest BCUT2D eigenvalue weighted by atomic mass is 9.83. The van der Waals surface area contributed by atoms with Crippen LogP contribution in [-0.4, -0.2) is 62.2 Å². The summed E-state index contributed by atoms with van der Waals surface area (Å²) in [4.78, 5) is 5.05. The summed E-state index contributed by atoms with van der Waals surface area (Å²) in [5, 5.41) is 3.37. The molecule has 4 aliphatic heterocycles. The quantitative estimate of drug-likeness (QED) is 0.574. The van der Waals surface area contributed by atoms with Gasteiger partial charge in [-0.1, -0.05) is 41.5 Å². The Hall–Kier alpha value is -0.120. The fraction of sp³-hybridized carbons (Fsp3) is 1.00. The van der Waals surface area contributed by atoms with E-state index in [-0.39, 0.29) is 0 Å². The molecule has 0 radical (unpaired) electrons. The van der Waals surface area contributed by atoms with Crippen LogP contribution in [0.3, 0.4) is 0 Å². The minimum absolute atomic E-state index is 0.895. The van der Waals surface area contributed by atoms with Crippen molar-refractivity contribution >= 4 is 0 Å². The second-order valence-corrected chi connectivity index (χ2v) is 12.2. The highest BCUT2D eigenvalue weighted by molar-refractivity contribution is 4.93. The Bertz CT molecular complexity index is 447. The smallest absolute Gasteiger partial charge is 0.00984 e. The summed E-state index contributed by atoms with van der Waals surface area (Å²) in [5.74, 6) is 5.70. The van der Waals surface area contributed by atoms with Gasteiger partial charge in [-0.2, -0.15) is 0 Å². The van der Waals surface area contributed by atoms with Gasteiger partial charge in [-0.3, -0.25) is 0 Å². The minimum Gasteiger partial charge on any atom is -0.317 e. The molecule has 0 aromatic heterocycles. The Kier molecular flexibility index (Phi) is 11.9. The maximum Gasteiger partial charge on any atom is 0.00984 e. The van der Waals surface area contributed by atoms with Crippen molar-refractivity contribution in [3.63, 3.8) is 0 Å². The molecule has 2 bridgehead atoms. The van der Waals surface area contributed by atoms with Gasteiger partial charge in [-0.15, -0.1) is 0 Å². The molecular formula is C28H57N3. The molecule has 0 aromatic rings. The highest BCUT2D eigenvalue weighted by Gasteiger charge is 2.38. The first-order valence-corrected chi connectivity index (χ1v) is 13.8. The fourth-order valence-electron chi connectivity index (χ4n) is 6.20. The summed E-state index contributed by atoms with van der Waals surface area (Å²) >= 11 is 0. The van der Waals surface area contributed by atoms with Crippen molar-refractivity contribution in [3.05, 3.63) is 0 Å². The number of hydrogen-bond acceptors (Lipinski definition) is 3. The second-order valence-electron chi connectivity index (χ2n) is 12.2. The average Bonchev–Trinajstić information content (AvgIpc) is 2.95. The molecule has 0 amide bonds. The molecule has 4 aliphatic rings. The van der Waals surface area contributed by atoms with Crippen molar-refractivity contribution in [3.8, 4) is 0 Å². The van der Waals surface area contributed by atoms with E-state index in [4.69, 9.17) is 0 Å². The number of hydrogen-bond donors (Lipinski definition) is 1. The molecule has 0 saturated carbocycles. The van der Waals surface area contributed by atoms with Gasteiger partial charge in [0.05, 0.1) is 0 Å². The SMILES string of the molecule is CC(C)C1CC2CCC(C1)N2C.CC(C)C1CCN(C)CC1.CC(C)C1CCNCC1. The lowest BCUT2D eigenvalue weighted by Gasteiger charge is -2.38. The summed E-state index contributed by atoms with van der Waals surface area (Å²) in [6.45, 7) is 19.2. The third kappa shape index (κ3) is 8.97. The first kappa shape index (κ1) is 27.1. The highest BCUT2D eigenvalue weighted by Crippen LogP contribution is 2.40. The van der Waals surface area contributed by atoms with Crippen LogP contribution in [0.5, 0.6) is 0 Å². The van der Waals surface area contributed by atoms with E-state index in [1.807, 2.05) is 0 Å². The van der Waals surface area contributed by atoms with Gasteiger partial charge in [0.15, 0.2) is 0 Å². The van der Waals surface area contributed by atoms with Crippen molar-refractivity contribution in [2.24, 2.45) is 35.5 Å². The third-order valence-electron chi connectivity index (χ3n) is 9.11. The molecule has 0 aromatic carbocycles. The van der Waals surface area contributed by atoms with Crippen LogP contribution in [0.15, 0.2) is 0 Å². The topological polar surface area (TPSA) is 18.5 Å². The zero-order valence-electron chi connectivity index (χ0n) is 22.5. The average molecular weight is 436 g/mol. The molecule has 0 spiro atoms. The Morgan fingerprint density at radius 2 is 1.00 bits per heavy atom. The van der Waals surface area contributed by atoms with Crippen LogP contribution in [0.25, 0.3) is 0 Å². The van der Waals surface area contributed by atoms with Crippen LogP contribution in [-0.2, 0) is 0 Å². The van der Waals surface area contributed by atoms with Gasteiger partial charge >= 0.3 is 0 Å². The van der Waals surface area contributed by atoms with Crippen LogP contribution >= 0.6 is 0 Å². The molecule has 3 nitrogen and oxygen atoms in total. The Morgan fingerprint density at radius 3 is 1.39 bits per heavy atom. The monoisotopic (exact) mass is 435 g/mol. The molecule has 0 aliphatic carbocycles. The zero-order valence-corrected chi connectivity index (χ0v) is 22.5. The zero-order chi connectivity index (χ0) is 23.0. The fourth-order valence-corrected chi connectivity index (χ4v) is 6.20. The van der Waals surface area contributed by atoms with Gasteiger partial charge in [-0.25, -0.2) is 0 Å². The standard InChI is InChI=1S/C11H21N.C9H19N.C8H17N/c1-8(2)9-6-10-4-5-11(7-9)12(10)3;1-8(2)9-4-6-10(3)7-5-9;1-7(2)8-3-5-9-6-4-8/h8-11H,4-7H2,1-3H3;8-9H,4-7H2,1-3H3;7-9H,3-6H2,1-2H3. The summed E-state index contributed by atoms with van der Waals surface area (Å²) < 4.78 is 0. The summed E-state index contributed by atoms with van der Waals surface area (Å²) in [5.41, 5.74) is 0. The van der Waals surface area contributed by atoms with Gasteiger partial charge in [-0.05, 0) is 127 Å². The molecular weight excluding hydrogens is 378 g/mol. The van der Waals surface area contributed by atoms with Gasteiger partial charge in [0, 0.05) is 12.1 Å². The summed E-state index contributed by atoms with van der Waals surface area (Å²) in [7, 11) is 4.54. The maximum absolute atomic E-state index is 3.37. The van der Waals surface area contributed by atoms with Crippen molar-refractivity contribution in [2.75, 3.05) is 40.3 Å². The van der Waals surface area contributed by atoms with Crippen LogP contribution in [0.2, 0.25) is 0 Å². The molecule has 3 heteroatoms. The van der Waals surface area contributed by atoms with Crippen LogP contribution in [0.4, 0.5) is 0 Å². The van der Waals surface area contributed by atoms with Crippen molar-refractivity contribution < 1.29 is 0 Å². The summed E-state index contributed by atoms with van der Waals surface area (Å²) in [6, 6.07) is 1.85. The lowest BCUT2D eigenvalue weighted by molar-refractivity contribution is 0.111. The van der Waals surface area contributed by atoms with E-state index in [2.05, 4.69) is 70.8 Å². The normalized spacial score (nSPS) is 30.9. The van der Waals surface area contributed by atoms with Gasteiger partial charge in [0.1, 0.15) is 0 Å². The molecule has 31 heavy (non-hydrogen) atoms. The molecule has 4 heterocycles. The minimum atomic E-state index is 0.895. The molecule has 4 rings (SSSR count). The first-order chi connectivity index (χ1) is 14.7. The van der Waals surface area contributed by atoms with Crippen molar-refractivity contribution in [1.29, 1.82) is 0 Å². The molecule has 4 fully saturated rings. The number of fused-ring (bicyclic) bond motifs is 2. The van der Waals surface area contributed by atoms with Gasteiger partial charge in [0.2, 0.25) is 0 Å². The van der Waals surface area contributed by atoms with Crippen molar-refractivity contribution in [2.45, 2.75) is 105 Å². The Labute approximate surface area is 196 Å². The maximum atomic E-state index is 3.37. The van der Waals surface area contributed by atoms with Crippen LogP contribution < -0.4 is 5.32 Å². The molecule has 2 unspecified atom stereocenters. The van der Waals surface area contributed by atoms with E-state index in [0.717, 1.165) is 47.6 Å². The van der Waals surface area contributed by atoms with E-state index in [1.54, 1.807) is 0 Å². The largest absolute Gasteiger partial charge is 0.317 e. The van der Waals surface area contributed by atoms with E-state index in [1.165, 1.54) is 77.5 Å². The molecule has 1 N–H and O–H groups in total. The van der Waals surface area contributed by atoms with Crippen molar-refractivity contribution in [1.82, 2.24) is 15.1 Å². The lowest BCUT2D eigenvalue weighted by Crippen LogP contribution is -2.41. The first-order valence-electron chi connectivity index (χ1n) is 13.8. The molecule has 4 saturated heterocycles. The third-order valence-corrected chi connectivity index (χ3v) is 9.11. The van der Waals surface area contributed by atoms with E-state index < -0.39 is 0 Å². The van der Waals surface area contributed by atoms with E-state index in [9.17, 15) is 0 Å². The van der Waals surface area contributed by atoms with E-state index in [0.29, 0.717) is 0 Å². The molecule has 184 valence electrons. The predicted molar refractivity (Wildman–Crippen MR) is 138 cm³/mol. The van der Waals surface area contributed by atoms with Gasteiger partial charge < -0.3 is 15.1 Å². The Morgan fingerprint density at radius 1 is 0.581 bits per heavy atom. The molecule has 2 atom stereocenters. The number of nitrogens with one attached hydrogen (secondary N) is 1. The van der Waals surface area contributed by atoms with E-state index >= 15 is 0 Å². The van der Waals surface area contributed by atoms with Gasteiger partial charge in [0.25, 0.3) is 0 Å². The summed E-state index contributed by atoms with van der Waals surface area (Å²) in [6.07, 6.45) is 11.4. The van der Waals surface area contributed by atoms with Crippen LogP contribution in [0.1, 0.15) is 92.9 Å². The second kappa shape index (κ2) is 13.6. The number of likely N-dealkylation sites (tertiary alicyclic amines) is 1. The number of piperidine rings is 3. The number of nitrogens with zero attached hydrogens (tertiary/aromatic N) is 2. The highest BCUT2D eigenvalue weighted by atomic mass is 15.2. The van der Waals surface area contributed by atoms with Crippen LogP contribution in [0, 0.1) is 35.5 Å². The Balaban J connectivity index is 0.000000167. The number of rotatable bonds is 3.